The van der Waals surface area contributed by atoms with Gasteiger partial charge in [0, 0.05) is 29.3 Å². The van der Waals surface area contributed by atoms with Crippen LogP contribution in [0.3, 0.4) is 0 Å². The summed E-state index contributed by atoms with van der Waals surface area (Å²) in [6.45, 7) is 0. The Labute approximate surface area is 182 Å². The number of anilines is 1. The SMILES string of the molecule is C#Cc1ccc(NC(=O)CC2CC3CC(c4ccnc5ccc(F)cc45)CC3C2)cc1. The molecule has 1 aromatic heterocycles. The maximum absolute atomic E-state index is 13.8. The maximum Gasteiger partial charge on any atom is 0.224 e. The maximum atomic E-state index is 13.8. The highest BCUT2D eigenvalue weighted by atomic mass is 19.1. The predicted octanol–water partition coefficient (Wildman–Crippen LogP) is 5.90. The second kappa shape index (κ2) is 8.15. The molecule has 2 saturated carbocycles. The first-order valence-electron chi connectivity index (χ1n) is 11.0. The van der Waals surface area contributed by atoms with E-state index in [4.69, 9.17) is 6.42 Å². The van der Waals surface area contributed by atoms with Gasteiger partial charge in [-0.2, -0.15) is 0 Å². The number of aromatic nitrogens is 1. The fraction of sp³-hybridized carbons (Fsp3) is 0.333. The van der Waals surface area contributed by atoms with Crippen molar-refractivity contribution in [1.82, 2.24) is 4.98 Å². The van der Waals surface area contributed by atoms with E-state index in [1.54, 1.807) is 12.1 Å². The first-order chi connectivity index (χ1) is 15.1. The summed E-state index contributed by atoms with van der Waals surface area (Å²) in [4.78, 5) is 16.9. The quantitative estimate of drug-likeness (QED) is 0.542. The molecule has 0 radical (unpaired) electrons. The Hall–Kier alpha value is -3.19. The molecule has 2 fully saturated rings. The lowest BCUT2D eigenvalue weighted by Gasteiger charge is -2.17. The van der Waals surface area contributed by atoms with Crippen LogP contribution < -0.4 is 5.32 Å². The van der Waals surface area contributed by atoms with Gasteiger partial charge < -0.3 is 5.32 Å². The number of hydrogen-bond acceptors (Lipinski definition) is 2. The smallest absolute Gasteiger partial charge is 0.224 e. The summed E-state index contributed by atoms with van der Waals surface area (Å²) in [7, 11) is 0. The number of pyridine rings is 1. The van der Waals surface area contributed by atoms with Crippen LogP contribution in [0.15, 0.2) is 54.7 Å². The normalized spacial score (nSPS) is 24.6. The Balaban J connectivity index is 1.20. The molecule has 5 rings (SSSR count). The van der Waals surface area contributed by atoms with Crippen molar-refractivity contribution in [1.29, 1.82) is 0 Å². The second-order valence-corrected chi connectivity index (χ2v) is 9.06. The van der Waals surface area contributed by atoms with Gasteiger partial charge in [-0.05, 0) is 103 Å². The van der Waals surface area contributed by atoms with Crippen molar-refractivity contribution >= 4 is 22.5 Å². The zero-order valence-electron chi connectivity index (χ0n) is 17.4. The Morgan fingerprint density at radius 3 is 2.52 bits per heavy atom. The molecule has 1 amide bonds. The standard InChI is InChI=1S/C27H25FN2O/c1-2-17-3-6-23(7-4-17)30-27(31)13-18-11-19-14-21(15-20(19)12-18)24-9-10-29-26-8-5-22(28)16-25(24)26/h1,3-10,16,18-21H,11-15H2,(H,30,31). The van der Waals surface area contributed by atoms with Gasteiger partial charge in [-0.25, -0.2) is 4.39 Å². The number of benzene rings is 2. The van der Waals surface area contributed by atoms with Gasteiger partial charge in [-0.3, -0.25) is 9.78 Å². The molecule has 4 heteroatoms. The first kappa shape index (κ1) is 19.8. The minimum Gasteiger partial charge on any atom is -0.326 e. The Morgan fingerprint density at radius 1 is 1.06 bits per heavy atom. The average Bonchev–Trinajstić information content (AvgIpc) is 3.32. The van der Waals surface area contributed by atoms with Crippen LogP contribution in [0.1, 0.15) is 49.1 Å². The molecule has 1 heterocycles. The van der Waals surface area contributed by atoms with Crippen LogP contribution in [0.2, 0.25) is 0 Å². The molecule has 156 valence electrons. The lowest BCUT2D eigenvalue weighted by Crippen LogP contribution is -2.15. The summed E-state index contributed by atoms with van der Waals surface area (Å²) in [5, 5.41) is 3.94. The largest absolute Gasteiger partial charge is 0.326 e. The van der Waals surface area contributed by atoms with E-state index in [-0.39, 0.29) is 11.7 Å². The minimum absolute atomic E-state index is 0.0746. The number of terminal acetylenes is 1. The van der Waals surface area contributed by atoms with Gasteiger partial charge in [0.15, 0.2) is 0 Å². The van der Waals surface area contributed by atoms with Crippen molar-refractivity contribution in [2.24, 2.45) is 17.8 Å². The van der Waals surface area contributed by atoms with Crippen LogP contribution in [0, 0.1) is 35.9 Å². The molecule has 1 N–H and O–H groups in total. The van der Waals surface area contributed by atoms with Crippen LogP contribution in [-0.4, -0.2) is 10.9 Å². The van der Waals surface area contributed by atoms with E-state index in [0.717, 1.165) is 47.8 Å². The first-order valence-corrected chi connectivity index (χ1v) is 11.0. The fourth-order valence-electron chi connectivity index (χ4n) is 5.78. The van der Waals surface area contributed by atoms with Crippen molar-refractivity contribution in [2.75, 3.05) is 5.32 Å². The highest BCUT2D eigenvalue weighted by Gasteiger charge is 2.42. The lowest BCUT2D eigenvalue weighted by atomic mass is 9.89. The van der Waals surface area contributed by atoms with Crippen molar-refractivity contribution in [3.63, 3.8) is 0 Å². The van der Waals surface area contributed by atoms with Gasteiger partial charge >= 0.3 is 0 Å². The van der Waals surface area contributed by atoms with Crippen molar-refractivity contribution < 1.29 is 9.18 Å². The number of halogens is 1. The van der Waals surface area contributed by atoms with Crippen LogP contribution in [0.25, 0.3) is 10.9 Å². The molecule has 2 aliphatic rings. The van der Waals surface area contributed by atoms with Crippen molar-refractivity contribution in [3.05, 3.63) is 71.7 Å². The van der Waals surface area contributed by atoms with E-state index in [1.807, 2.05) is 30.5 Å². The molecule has 31 heavy (non-hydrogen) atoms. The number of rotatable bonds is 4. The van der Waals surface area contributed by atoms with Gasteiger partial charge in [0.1, 0.15) is 5.82 Å². The third-order valence-electron chi connectivity index (χ3n) is 7.10. The predicted molar refractivity (Wildman–Crippen MR) is 121 cm³/mol. The highest BCUT2D eigenvalue weighted by molar-refractivity contribution is 5.91. The van der Waals surface area contributed by atoms with E-state index in [1.165, 1.54) is 11.6 Å². The lowest BCUT2D eigenvalue weighted by molar-refractivity contribution is -0.117. The molecular weight excluding hydrogens is 387 g/mol. The zero-order valence-corrected chi connectivity index (χ0v) is 17.4. The number of carbonyl (C=O) groups is 1. The molecule has 0 aliphatic heterocycles. The summed E-state index contributed by atoms with van der Waals surface area (Å²) in [5.74, 6) is 4.63. The topological polar surface area (TPSA) is 42.0 Å². The van der Waals surface area contributed by atoms with Crippen LogP contribution in [0.5, 0.6) is 0 Å². The highest BCUT2D eigenvalue weighted by Crippen LogP contribution is 2.53. The number of nitrogens with zero attached hydrogens (tertiary/aromatic N) is 1. The number of fused-ring (bicyclic) bond motifs is 2. The molecule has 3 nitrogen and oxygen atoms in total. The van der Waals surface area contributed by atoms with E-state index in [0.29, 0.717) is 30.1 Å². The number of hydrogen-bond donors (Lipinski definition) is 1. The van der Waals surface area contributed by atoms with E-state index >= 15 is 0 Å². The van der Waals surface area contributed by atoms with E-state index in [2.05, 4.69) is 22.3 Å². The summed E-state index contributed by atoms with van der Waals surface area (Å²) in [6.07, 6.45) is 12.2. The molecular formula is C27H25FN2O. The molecule has 2 aromatic carbocycles. The van der Waals surface area contributed by atoms with Gasteiger partial charge in [0.2, 0.25) is 5.91 Å². The van der Waals surface area contributed by atoms with Crippen LogP contribution >= 0.6 is 0 Å². The van der Waals surface area contributed by atoms with Gasteiger partial charge in [-0.15, -0.1) is 6.42 Å². The van der Waals surface area contributed by atoms with Crippen LogP contribution in [-0.2, 0) is 4.79 Å². The van der Waals surface area contributed by atoms with Gasteiger partial charge in [0.25, 0.3) is 0 Å². The number of carbonyl (C=O) groups excluding carboxylic acids is 1. The van der Waals surface area contributed by atoms with Crippen molar-refractivity contribution in [2.45, 2.75) is 38.0 Å². The molecule has 2 aliphatic carbocycles. The Morgan fingerprint density at radius 2 is 1.81 bits per heavy atom. The third kappa shape index (κ3) is 4.05. The molecule has 0 saturated heterocycles. The van der Waals surface area contributed by atoms with Gasteiger partial charge in [-0.1, -0.05) is 5.92 Å². The summed E-state index contributed by atoms with van der Waals surface area (Å²) in [6, 6.07) is 14.3. The van der Waals surface area contributed by atoms with Crippen molar-refractivity contribution in [3.8, 4) is 12.3 Å². The van der Waals surface area contributed by atoms with E-state index in [9.17, 15) is 9.18 Å². The van der Waals surface area contributed by atoms with E-state index < -0.39 is 0 Å². The Kier molecular flexibility index (Phi) is 5.19. The zero-order chi connectivity index (χ0) is 21.4. The summed E-state index contributed by atoms with van der Waals surface area (Å²) in [5.41, 5.74) is 3.68. The number of amides is 1. The molecule has 2 unspecified atom stereocenters. The Bertz CT molecular complexity index is 1150. The van der Waals surface area contributed by atoms with Crippen LogP contribution in [0.4, 0.5) is 10.1 Å². The third-order valence-corrected chi connectivity index (χ3v) is 7.10. The molecule has 3 aromatic rings. The minimum atomic E-state index is -0.208. The second-order valence-electron chi connectivity index (χ2n) is 9.06. The summed E-state index contributed by atoms with van der Waals surface area (Å²) < 4.78 is 13.8. The fourth-order valence-corrected chi connectivity index (χ4v) is 5.78. The molecule has 0 bridgehead atoms. The monoisotopic (exact) mass is 412 g/mol. The average molecular weight is 413 g/mol. The summed E-state index contributed by atoms with van der Waals surface area (Å²) >= 11 is 0. The van der Waals surface area contributed by atoms with Gasteiger partial charge in [0.05, 0.1) is 5.52 Å². The molecule has 0 spiro atoms. The molecule has 2 atom stereocenters. The number of nitrogens with one attached hydrogen (secondary N) is 1.